The van der Waals surface area contributed by atoms with Crippen LogP contribution in [-0.2, 0) is 4.74 Å². The van der Waals surface area contributed by atoms with Crippen molar-refractivity contribution in [2.75, 3.05) is 26.3 Å². The molecule has 0 bridgehead atoms. The predicted molar refractivity (Wildman–Crippen MR) is 39.7 cm³/mol. The minimum atomic E-state index is 0.747. The maximum Gasteiger partial charge on any atom is 0.0645 e. The highest BCUT2D eigenvalue weighted by Crippen LogP contribution is 2.15. The third-order valence-corrected chi connectivity index (χ3v) is 2.35. The first-order valence-electron chi connectivity index (χ1n) is 4.10. The number of nitrogens with zero attached hydrogens (tertiary/aromatic N) is 1. The quantitative estimate of drug-likeness (QED) is 0.531. The van der Waals surface area contributed by atoms with E-state index in [-0.39, 0.29) is 0 Å². The van der Waals surface area contributed by atoms with Gasteiger partial charge in [0, 0.05) is 6.54 Å². The predicted octanol–water partition coefficient (Wildman–Crippen LogP) is 0.685. The Morgan fingerprint density at radius 2 is 2.30 bits per heavy atom. The monoisotopic (exact) mass is 140 g/mol. The summed E-state index contributed by atoms with van der Waals surface area (Å²) in [6.45, 7) is 4.40. The highest BCUT2D eigenvalue weighted by atomic mass is 16.5. The minimum absolute atomic E-state index is 0.747. The zero-order valence-electron chi connectivity index (χ0n) is 6.25. The molecule has 1 radical (unpaired) electrons. The molecule has 0 unspecified atom stereocenters. The molecule has 0 aromatic rings. The third-order valence-electron chi connectivity index (χ3n) is 2.35. The van der Waals surface area contributed by atoms with Crippen molar-refractivity contribution in [3.63, 3.8) is 0 Å². The van der Waals surface area contributed by atoms with E-state index in [2.05, 4.69) is 11.3 Å². The molecule has 0 saturated carbocycles. The van der Waals surface area contributed by atoms with E-state index in [1.807, 2.05) is 0 Å². The van der Waals surface area contributed by atoms with Gasteiger partial charge >= 0.3 is 0 Å². The lowest BCUT2D eigenvalue weighted by atomic mass is 10.1. The van der Waals surface area contributed by atoms with E-state index in [9.17, 15) is 0 Å². The molecule has 0 aliphatic carbocycles. The van der Waals surface area contributed by atoms with E-state index in [0.29, 0.717) is 0 Å². The van der Waals surface area contributed by atoms with Crippen LogP contribution < -0.4 is 0 Å². The van der Waals surface area contributed by atoms with Crippen molar-refractivity contribution >= 4 is 0 Å². The summed E-state index contributed by atoms with van der Waals surface area (Å²) in [5.74, 6) is 0. The van der Waals surface area contributed by atoms with Gasteiger partial charge in [0.05, 0.1) is 19.3 Å². The fourth-order valence-corrected chi connectivity index (χ4v) is 1.55. The van der Waals surface area contributed by atoms with Gasteiger partial charge in [-0.15, -0.1) is 0 Å². The molecule has 2 nitrogen and oxygen atoms in total. The van der Waals surface area contributed by atoms with Crippen molar-refractivity contribution < 1.29 is 4.74 Å². The Balaban J connectivity index is 1.78. The molecule has 0 amide bonds. The highest BCUT2D eigenvalue weighted by Gasteiger charge is 2.26. The van der Waals surface area contributed by atoms with E-state index in [1.165, 1.54) is 25.9 Å². The summed E-state index contributed by atoms with van der Waals surface area (Å²) < 4.78 is 5.13. The van der Waals surface area contributed by atoms with Crippen LogP contribution in [0.2, 0.25) is 0 Å². The number of piperidine rings is 1. The second-order valence-electron chi connectivity index (χ2n) is 3.12. The van der Waals surface area contributed by atoms with Gasteiger partial charge in [0.2, 0.25) is 0 Å². The van der Waals surface area contributed by atoms with Crippen molar-refractivity contribution in [3.8, 4) is 0 Å². The summed E-state index contributed by atoms with van der Waals surface area (Å²) >= 11 is 0. The lowest BCUT2D eigenvalue weighted by molar-refractivity contribution is -0.0654. The molecule has 2 heteroatoms. The first-order valence-corrected chi connectivity index (χ1v) is 4.10. The van der Waals surface area contributed by atoms with Gasteiger partial charge in [-0.05, 0) is 25.8 Å². The van der Waals surface area contributed by atoms with Crippen LogP contribution in [-0.4, -0.2) is 37.2 Å². The number of ether oxygens (including phenoxy) is 1. The smallest absolute Gasteiger partial charge is 0.0645 e. The molecule has 2 saturated heterocycles. The van der Waals surface area contributed by atoms with E-state index >= 15 is 0 Å². The van der Waals surface area contributed by atoms with Gasteiger partial charge < -0.3 is 4.74 Å². The maximum atomic E-state index is 5.13. The van der Waals surface area contributed by atoms with E-state index in [0.717, 1.165) is 19.3 Å². The molecule has 2 heterocycles. The molecular weight excluding hydrogens is 126 g/mol. The largest absolute Gasteiger partial charge is 0.378 e. The van der Waals surface area contributed by atoms with Crippen molar-refractivity contribution in [1.82, 2.24) is 4.90 Å². The van der Waals surface area contributed by atoms with Crippen molar-refractivity contribution in [3.05, 3.63) is 6.42 Å². The van der Waals surface area contributed by atoms with Crippen molar-refractivity contribution in [2.45, 2.75) is 18.9 Å². The second-order valence-corrected chi connectivity index (χ2v) is 3.12. The molecule has 0 aromatic carbocycles. The minimum Gasteiger partial charge on any atom is -0.378 e. The summed E-state index contributed by atoms with van der Waals surface area (Å²) in [7, 11) is 0. The van der Waals surface area contributed by atoms with Crippen LogP contribution >= 0.6 is 0 Å². The Morgan fingerprint density at radius 3 is 2.80 bits per heavy atom. The van der Waals surface area contributed by atoms with Crippen LogP contribution in [0.5, 0.6) is 0 Å². The van der Waals surface area contributed by atoms with Crippen LogP contribution in [0.15, 0.2) is 0 Å². The average Bonchev–Trinajstić information content (AvgIpc) is 1.86. The van der Waals surface area contributed by atoms with E-state index in [4.69, 9.17) is 4.74 Å². The van der Waals surface area contributed by atoms with Gasteiger partial charge in [0.1, 0.15) is 0 Å². The van der Waals surface area contributed by atoms with Crippen molar-refractivity contribution in [2.24, 2.45) is 0 Å². The van der Waals surface area contributed by atoms with Crippen LogP contribution in [0.3, 0.4) is 0 Å². The standard InChI is InChI=1S/C8H14NO/c1-2-4-9(5-3-1)8-6-10-7-8/h2,8H,1,3-7H2. The molecule has 2 aliphatic rings. The first-order chi connectivity index (χ1) is 4.97. The average molecular weight is 140 g/mol. The molecule has 0 atom stereocenters. The Morgan fingerprint density at radius 1 is 1.40 bits per heavy atom. The van der Waals surface area contributed by atoms with Gasteiger partial charge in [-0.1, -0.05) is 0 Å². The lowest BCUT2D eigenvalue weighted by Crippen LogP contribution is -2.50. The SMILES string of the molecule is [CH]1CCCN(C2COC2)C1. The maximum absolute atomic E-state index is 5.13. The first kappa shape index (κ1) is 6.62. The molecule has 0 aromatic heterocycles. The Bertz CT molecular complexity index is 106. The summed E-state index contributed by atoms with van der Waals surface area (Å²) in [5, 5.41) is 0. The van der Waals surface area contributed by atoms with Crippen LogP contribution in [0.4, 0.5) is 0 Å². The fraction of sp³-hybridized carbons (Fsp3) is 0.875. The Hall–Kier alpha value is -0.0800. The molecule has 57 valence electrons. The molecule has 0 N–H and O–H groups in total. The van der Waals surface area contributed by atoms with Gasteiger partial charge in [-0.25, -0.2) is 0 Å². The summed E-state index contributed by atoms with van der Waals surface area (Å²) in [6, 6.07) is 0.747. The lowest BCUT2D eigenvalue weighted by Gasteiger charge is -2.39. The molecule has 2 aliphatic heterocycles. The Labute approximate surface area is 62.2 Å². The number of hydrogen-bond donors (Lipinski definition) is 0. The van der Waals surface area contributed by atoms with Crippen LogP contribution in [0.1, 0.15) is 12.8 Å². The van der Waals surface area contributed by atoms with E-state index in [1.54, 1.807) is 0 Å². The zero-order chi connectivity index (χ0) is 6.81. The molecule has 10 heavy (non-hydrogen) atoms. The number of likely N-dealkylation sites (tertiary alicyclic amines) is 1. The van der Waals surface area contributed by atoms with Gasteiger partial charge in [-0.2, -0.15) is 0 Å². The second kappa shape index (κ2) is 2.89. The molecule has 2 rings (SSSR count). The summed E-state index contributed by atoms with van der Waals surface area (Å²) in [6.07, 6.45) is 5.03. The van der Waals surface area contributed by atoms with Crippen LogP contribution in [0, 0.1) is 6.42 Å². The number of rotatable bonds is 1. The zero-order valence-corrected chi connectivity index (χ0v) is 6.25. The summed E-state index contributed by atoms with van der Waals surface area (Å²) in [5.41, 5.74) is 0. The molecule has 2 fully saturated rings. The van der Waals surface area contributed by atoms with Gasteiger partial charge in [0.25, 0.3) is 0 Å². The van der Waals surface area contributed by atoms with E-state index < -0.39 is 0 Å². The van der Waals surface area contributed by atoms with Gasteiger partial charge in [0.15, 0.2) is 0 Å². The Kier molecular flexibility index (Phi) is 1.91. The van der Waals surface area contributed by atoms with Crippen LogP contribution in [0.25, 0.3) is 0 Å². The molecular formula is C8H14NO. The normalized spacial score (nSPS) is 30.0. The highest BCUT2D eigenvalue weighted by molar-refractivity contribution is 4.85. The fourth-order valence-electron chi connectivity index (χ4n) is 1.55. The van der Waals surface area contributed by atoms with Gasteiger partial charge in [-0.3, -0.25) is 4.90 Å². The number of hydrogen-bond acceptors (Lipinski definition) is 2. The third kappa shape index (κ3) is 1.18. The molecule has 0 spiro atoms. The van der Waals surface area contributed by atoms with Crippen molar-refractivity contribution in [1.29, 1.82) is 0 Å². The summed E-state index contributed by atoms with van der Waals surface area (Å²) in [4.78, 5) is 2.52. The topological polar surface area (TPSA) is 12.5 Å².